The molecule has 0 saturated heterocycles. The molecule has 0 aliphatic heterocycles. The normalized spacial score (nSPS) is 10.8. The first-order valence-electron chi connectivity index (χ1n) is 8.37. The molecule has 0 spiro atoms. The van der Waals surface area contributed by atoms with Crippen LogP contribution in [0, 0.1) is 4.77 Å². The van der Waals surface area contributed by atoms with Gasteiger partial charge in [0.1, 0.15) is 6.54 Å². The van der Waals surface area contributed by atoms with Crippen LogP contribution in [0.3, 0.4) is 0 Å². The monoisotopic (exact) mass is 382 g/mol. The third-order valence-corrected chi connectivity index (χ3v) is 4.16. The average molecular weight is 383 g/mol. The lowest BCUT2D eigenvalue weighted by Gasteiger charge is -2.09. The summed E-state index contributed by atoms with van der Waals surface area (Å²) in [5, 5.41) is 10.5. The minimum atomic E-state index is -0.110. The molecule has 2 N–H and O–H groups in total. The molecular weight excluding hydrogens is 360 g/mol. The van der Waals surface area contributed by atoms with Crippen molar-refractivity contribution in [1.29, 1.82) is 0 Å². The summed E-state index contributed by atoms with van der Waals surface area (Å²) < 4.78 is 7.55. The Bertz CT molecular complexity index is 727. The van der Waals surface area contributed by atoms with Gasteiger partial charge in [-0.05, 0) is 49.3 Å². The van der Waals surface area contributed by atoms with Crippen LogP contribution in [0.15, 0.2) is 24.3 Å². The SMILES string of the molecule is CCCCOCCCNC(=O)Cn1c(-c2ccc(Cl)cc2)n[nH]c1=S. The van der Waals surface area contributed by atoms with Gasteiger partial charge in [-0.25, -0.2) is 0 Å². The molecule has 0 bridgehead atoms. The topological polar surface area (TPSA) is 71.9 Å². The molecule has 0 saturated carbocycles. The third-order valence-electron chi connectivity index (χ3n) is 3.59. The van der Waals surface area contributed by atoms with Crippen LogP contribution in [0.2, 0.25) is 5.02 Å². The molecule has 1 aromatic carbocycles. The van der Waals surface area contributed by atoms with Crippen LogP contribution in [0.4, 0.5) is 0 Å². The first-order valence-corrected chi connectivity index (χ1v) is 9.16. The number of carbonyl (C=O) groups excluding carboxylic acids is 1. The van der Waals surface area contributed by atoms with Gasteiger partial charge in [0, 0.05) is 30.3 Å². The van der Waals surface area contributed by atoms with Crippen molar-refractivity contribution in [2.24, 2.45) is 0 Å². The maximum Gasteiger partial charge on any atom is 0.240 e. The molecule has 2 rings (SSSR count). The van der Waals surface area contributed by atoms with E-state index in [1.165, 1.54) is 0 Å². The van der Waals surface area contributed by atoms with Crippen LogP contribution in [0.1, 0.15) is 26.2 Å². The quantitative estimate of drug-likeness (QED) is 0.486. The lowest BCUT2D eigenvalue weighted by atomic mass is 10.2. The fourth-order valence-electron chi connectivity index (χ4n) is 2.23. The number of unbranched alkanes of at least 4 members (excludes halogenated alkanes) is 1. The molecule has 0 radical (unpaired) electrons. The summed E-state index contributed by atoms with van der Waals surface area (Å²) in [4.78, 5) is 12.2. The second-order valence-corrected chi connectivity index (χ2v) is 6.44. The first-order chi connectivity index (χ1) is 12.1. The van der Waals surface area contributed by atoms with Gasteiger partial charge < -0.3 is 10.1 Å². The van der Waals surface area contributed by atoms with Crippen molar-refractivity contribution in [3.8, 4) is 11.4 Å². The van der Waals surface area contributed by atoms with Gasteiger partial charge in [0.05, 0.1) is 0 Å². The highest BCUT2D eigenvalue weighted by molar-refractivity contribution is 7.71. The molecule has 1 aromatic heterocycles. The molecule has 0 aliphatic rings. The van der Waals surface area contributed by atoms with Crippen molar-refractivity contribution >= 4 is 29.7 Å². The molecule has 1 amide bonds. The van der Waals surface area contributed by atoms with Crippen molar-refractivity contribution in [1.82, 2.24) is 20.1 Å². The van der Waals surface area contributed by atoms with Crippen LogP contribution in [-0.2, 0) is 16.1 Å². The maximum atomic E-state index is 12.2. The van der Waals surface area contributed by atoms with Crippen LogP contribution in [0.5, 0.6) is 0 Å². The minimum absolute atomic E-state index is 0.110. The lowest BCUT2D eigenvalue weighted by Crippen LogP contribution is -2.29. The van der Waals surface area contributed by atoms with E-state index in [2.05, 4.69) is 22.4 Å². The fourth-order valence-corrected chi connectivity index (χ4v) is 2.56. The van der Waals surface area contributed by atoms with Crippen molar-refractivity contribution in [3.05, 3.63) is 34.1 Å². The molecule has 136 valence electrons. The van der Waals surface area contributed by atoms with Gasteiger partial charge in [-0.15, -0.1) is 0 Å². The Balaban J connectivity index is 1.86. The Hall–Kier alpha value is -1.70. The van der Waals surface area contributed by atoms with E-state index in [-0.39, 0.29) is 12.5 Å². The summed E-state index contributed by atoms with van der Waals surface area (Å²) in [6.45, 7) is 4.25. The Labute approximate surface area is 157 Å². The fraction of sp³-hybridized carbons (Fsp3) is 0.471. The zero-order valence-corrected chi connectivity index (χ0v) is 15.8. The van der Waals surface area contributed by atoms with Crippen LogP contribution >= 0.6 is 23.8 Å². The zero-order valence-electron chi connectivity index (χ0n) is 14.3. The number of rotatable bonds is 10. The number of nitrogens with one attached hydrogen (secondary N) is 2. The molecule has 1 heterocycles. The number of aromatic nitrogens is 3. The number of aromatic amines is 1. The Kier molecular flexibility index (Phi) is 8.11. The molecule has 0 atom stereocenters. The third kappa shape index (κ3) is 6.26. The summed E-state index contributed by atoms with van der Waals surface area (Å²) in [6.07, 6.45) is 2.98. The summed E-state index contributed by atoms with van der Waals surface area (Å²) in [7, 11) is 0. The zero-order chi connectivity index (χ0) is 18.1. The number of benzene rings is 1. The molecule has 0 unspecified atom stereocenters. The van der Waals surface area contributed by atoms with Gasteiger partial charge in [0.25, 0.3) is 0 Å². The van der Waals surface area contributed by atoms with E-state index < -0.39 is 0 Å². The Morgan fingerprint density at radius 2 is 2.04 bits per heavy atom. The van der Waals surface area contributed by atoms with Crippen LogP contribution in [0.25, 0.3) is 11.4 Å². The summed E-state index contributed by atoms with van der Waals surface area (Å²) in [6, 6.07) is 7.24. The molecule has 8 heteroatoms. The summed E-state index contributed by atoms with van der Waals surface area (Å²) >= 11 is 11.1. The smallest absolute Gasteiger partial charge is 0.240 e. The van der Waals surface area contributed by atoms with E-state index >= 15 is 0 Å². The number of amides is 1. The van der Waals surface area contributed by atoms with Crippen molar-refractivity contribution < 1.29 is 9.53 Å². The van der Waals surface area contributed by atoms with Crippen LogP contribution < -0.4 is 5.32 Å². The number of H-pyrrole nitrogens is 1. The molecule has 0 fully saturated rings. The highest BCUT2D eigenvalue weighted by Gasteiger charge is 2.12. The molecule has 2 aromatic rings. The van der Waals surface area contributed by atoms with Crippen molar-refractivity contribution in [3.63, 3.8) is 0 Å². The standard InChI is InChI=1S/C17H23ClN4O2S/c1-2-3-10-24-11-4-9-19-15(23)12-22-16(20-21-17(22)25)13-5-7-14(18)8-6-13/h5-8H,2-4,9-12H2,1H3,(H,19,23)(H,21,25). The Morgan fingerprint density at radius 3 is 2.76 bits per heavy atom. The molecular formula is C17H23ClN4O2S. The number of hydrogen-bond acceptors (Lipinski definition) is 4. The second-order valence-electron chi connectivity index (χ2n) is 5.61. The molecule has 0 aliphatic carbocycles. The van der Waals surface area contributed by atoms with Gasteiger partial charge in [0.15, 0.2) is 10.6 Å². The van der Waals surface area contributed by atoms with E-state index in [1.807, 2.05) is 12.1 Å². The first kappa shape index (κ1) is 19.6. The average Bonchev–Trinajstić information content (AvgIpc) is 2.95. The summed E-state index contributed by atoms with van der Waals surface area (Å²) in [5.41, 5.74) is 0.842. The van der Waals surface area contributed by atoms with E-state index in [0.717, 1.165) is 31.4 Å². The number of nitrogens with zero attached hydrogens (tertiary/aromatic N) is 2. The Morgan fingerprint density at radius 1 is 1.32 bits per heavy atom. The van der Waals surface area contributed by atoms with E-state index in [1.54, 1.807) is 16.7 Å². The van der Waals surface area contributed by atoms with Gasteiger partial charge in [-0.2, -0.15) is 5.10 Å². The second kappa shape index (κ2) is 10.3. The van der Waals surface area contributed by atoms with Gasteiger partial charge in [0.2, 0.25) is 5.91 Å². The van der Waals surface area contributed by atoms with Crippen molar-refractivity contribution in [2.45, 2.75) is 32.7 Å². The van der Waals surface area contributed by atoms with E-state index in [0.29, 0.717) is 28.8 Å². The number of halogens is 1. The maximum absolute atomic E-state index is 12.2. The number of carbonyl (C=O) groups is 1. The number of ether oxygens (including phenoxy) is 1. The largest absolute Gasteiger partial charge is 0.381 e. The molecule has 6 nitrogen and oxygen atoms in total. The predicted molar refractivity (Wildman–Crippen MR) is 101 cm³/mol. The summed E-state index contributed by atoms with van der Waals surface area (Å²) in [5.74, 6) is 0.501. The molecule has 25 heavy (non-hydrogen) atoms. The van der Waals surface area contributed by atoms with Crippen molar-refractivity contribution in [2.75, 3.05) is 19.8 Å². The number of hydrogen-bond donors (Lipinski definition) is 2. The van der Waals surface area contributed by atoms with E-state index in [4.69, 9.17) is 28.6 Å². The van der Waals surface area contributed by atoms with Gasteiger partial charge in [-0.3, -0.25) is 14.5 Å². The lowest BCUT2D eigenvalue weighted by molar-refractivity contribution is -0.121. The van der Waals surface area contributed by atoms with Gasteiger partial charge in [-0.1, -0.05) is 24.9 Å². The van der Waals surface area contributed by atoms with E-state index in [9.17, 15) is 4.79 Å². The predicted octanol–water partition coefficient (Wildman–Crippen LogP) is 3.58. The minimum Gasteiger partial charge on any atom is -0.381 e. The highest BCUT2D eigenvalue weighted by Crippen LogP contribution is 2.19. The highest BCUT2D eigenvalue weighted by atomic mass is 35.5. The van der Waals surface area contributed by atoms with Crippen LogP contribution in [-0.4, -0.2) is 40.4 Å². The van der Waals surface area contributed by atoms with Gasteiger partial charge >= 0.3 is 0 Å².